The van der Waals surface area contributed by atoms with E-state index in [1.54, 1.807) is 6.92 Å². The van der Waals surface area contributed by atoms with Crippen molar-refractivity contribution in [2.45, 2.75) is 6.92 Å². The molecule has 0 fully saturated rings. The summed E-state index contributed by atoms with van der Waals surface area (Å²) in [6.45, 7) is 1.72. The molecule has 0 N–H and O–H groups in total. The molecule has 1 rings (SSSR count). The molecule has 0 atom stereocenters. The Bertz CT molecular complexity index is 295. The summed E-state index contributed by atoms with van der Waals surface area (Å²) in [4.78, 5) is 31.5. The van der Waals surface area contributed by atoms with E-state index in [0.717, 1.165) is 0 Å². The van der Waals surface area contributed by atoms with Crippen molar-refractivity contribution in [2.24, 2.45) is 5.34 Å². The minimum Gasteiger partial charge on any atom is -0.277 e. The van der Waals surface area contributed by atoms with E-state index in [4.69, 9.17) is 0 Å². The zero-order chi connectivity index (χ0) is 8.97. The number of rotatable bonds is 2. The Morgan fingerprint density at radius 3 is 2.75 bits per heavy atom. The molecule has 6 heteroatoms. The molecule has 0 saturated heterocycles. The molecule has 1 aromatic heterocycles. The van der Waals surface area contributed by atoms with Crippen LogP contribution >= 0.6 is 0 Å². The zero-order valence-corrected chi connectivity index (χ0v) is 6.22. The fourth-order valence-electron chi connectivity index (χ4n) is 0.579. The van der Waals surface area contributed by atoms with Crippen LogP contribution in [0.3, 0.4) is 0 Å². The summed E-state index contributed by atoms with van der Waals surface area (Å²) in [5.41, 5.74) is 0.630. The Morgan fingerprint density at radius 2 is 2.25 bits per heavy atom. The molecule has 0 aromatic carbocycles. The van der Waals surface area contributed by atoms with Gasteiger partial charge in [-0.25, -0.2) is 9.78 Å². The lowest BCUT2D eigenvalue weighted by Crippen LogP contribution is -2.04. The molecule has 62 valence electrons. The molecule has 0 aliphatic carbocycles. The Hall–Kier alpha value is -1.85. The minimum atomic E-state index is -0.905. The Kier molecular flexibility index (Phi) is 2.42. The lowest BCUT2D eigenvalue weighted by Gasteiger charge is -1.93. The van der Waals surface area contributed by atoms with Crippen molar-refractivity contribution in [3.63, 3.8) is 0 Å². The number of aryl methyl sites for hydroxylation is 1. The highest BCUT2D eigenvalue weighted by molar-refractivity contribution is 5.86. The van der Waals surface area contributed by atoms with Gasteiger partial charge >= 0.3 is 5.97 Å². The second kappa shape index (κ2) is 3.51. The quantitative estimate of drug-likeness (QED) is 0.476. The Labute approximate surface area is 67.5 Å². The van der Waals surface area contributed by atoms with Gasteiger partial charge in [-0.3, -0.25) is 9.82 Å². The van der Waals surface area contributed by atoms with Crippen molar-refractivity contribution in [3.05, 3.63) is 28.7 Å². The van der Waals surface area contributed by atoms with Crippen molar-refractivity contribution >= 4 is 5.97 Å². The monoisotopic (exact) mass is 167 g/mol. The van der Waals surface area contributed by atoms with E-state index in [0.29, 0.717) is 5.69 Å². The molecule has 0 unspecified atom stereocenters. The van der Waals surface area contributed by atoms with Crippen LogP contribution in [0.1, 0.15) is 16.2 Å². The van der Waals surface area contributed by atoms with E-state index in [-0.39, 0.29) is 5.69 Å². The maximum absolute atomic E-state index is 10.7. The fourth-order valence-corrected chi connectivity index (χ4v) is 0.579. The molecule has 1 aromatic rings. The van der Waals surface area contributed by atoms with Gasteiger partial charge in [0, 0.05) is 6.20 Å². The topological polar surface area (TPSA) is 81.5 Å². The van der Waals surface area contributed by atoms with Gasteiger partial charge in [-0.15, -0.1) is 4.91 Å². The molecule has 0 amide bonds. The van der Waals surface area contributed by atoms with E-state index < -0.39 is 5.97 Å². The minimum absolute atomic E-state index is 0.0415. The molecule has 12 heavy (non-hydrogen) atoms. The van der Waals surface area contributed by atoms with Crippen LogP contribution in [0.2, 0.25) is 0 Å². The highest BCUT2D eigenvalue weighted by atomic mass is 16.7. The maximum atomic E-state index is 10.7. The van der Waals surface area contributed by atoms with Gasteiger partial charge in [-0.1, -0.05) is 0 Å². The second-order valence-electron chi connectivity index (χ2n) is 2.00. The summed E-state index contributed by atoms with van der Waals surface area (Å²) >= 11 is 0. The van der Waals surface area contributed by atoms with Crippen LogP contribution in [-0.2, 0) is 4.84 Å². The van der Waals surface area contributed by atoms with E-state index in [1.807, 2.05) is 5.34 Å². The normalized spacial score (nSPS) is 9.08. The van der Waals surface area contributed by atoms with Crippen molar-refractivity contribution in [1.29, 1.82) is 0 Å². The van der Waals surface area contributed by atoms with Gasteiger partial charge in [0.1, 0.15) is 0 Å². The van der Waals surface area contributed by atoms with Crippen LogP contribution in [0, 0.1) is 11.8 Å². The third kappa shape index (κ3) is 1.82. The molecule has 0 radical (unpaired) electrons. The number of hydrogen-bond donors (Lipinski definition) is 0. The summed E-state index contributed by atoms with van der Waals surface area (Å²) in [7, 11) is 0. The van der Waals surface area contributed by atoms with Crippen molar-refractivity contribution in [2.75, 3.05) is 0 Å². The van der Waals surface area contributed by atoms with Crippen LogP contribution in [0.15, 0.2) is 17.7 Å². The molecule has 0 aliphatic heterocycles. The Balaban J connectivity index is 2.82. The predicted octanol–water partition coefficient (Wildman–Crippen LogP) is 0.623. The first-order chi connectivity index (χ1) is 5.74. The van der Waals surface area contributed by atoms with Gasteiger partial charge in [0.05, 0.1) is 11.9 Å². The summed E-state index contributed by atoms with van der Waals surface area (Å²) in [5, 5.41) is 1.97. The standard InChI is InChI=1S/C6H5N3O3/c1-4-2-8-5(3-7-4)6(10)12-9-11/h2-3H,1H3. The third-order valence-electron chi connectivity index (χ3n) is 1.11. The largest absolute Gasteiger partial charge is 0.389 e. The first-order valence-electron chi connectivity index (χ1n) is 3.06. The number of nitrogens with zero attached hydrogens (tertiary/aromatic N) is 3. The molecule has 0 bridgehead atoms. The fraction of sp³-hybridized carbons (Fsp3) is 0.167. The van der Waals surface area contributed by atoms with Crippen LogP contribution in [0.4, 0.5) is 0 Å². The van der Waals surface area contributed by atoms with Crippen molar-refractivity contribution in [3.8, 4) is 0 Å². The molecular formula is C6H5N3O3. The number of carbonyl (C=O) groups excluding carboxylic acids is 1. The predicted molar refractivity (Wildman–Crippen MR) is 38.0 cm³/mol. The van der Waals surface area contributed by atoms with Crippen molar-refractivity contribution in [1.82, 2.24) is 9.97 Å². The van der Waals surface area contributed by atoms with E-state index in [9.17, 15) is 9.70 Å². The lowest BCUT2D eigenvalue weighted by molar-refractivity contribution is 0.0501. The average Bonchev–Trinajstić information content (AvgIpc) is 2.06. The number of aromatic nitrogens is 2. The highest BCUT2D eigenvalue weighted by Gasteiger charge is 2.08. The van der Waals surface area contributed by atoms with Gasteiger partial charge in [0.2, 0.25) is 0 Å². The van der Waals surface area contributed by atoms with Gasteiger partial charge < -0.3 is 0 Å². The van der Waals surface area contributed by atoms with E-state index in [2.05, 4.69) is 14.8 Å². The lowest BCUT2D eigenvalue weighted by atomic mass is 10.4. The molecule has 6 nitrogen and oxygen atoms in total. The van der Waals surface area contributed by atoms with E-state index in [1.165, 1.54) is 12.4 Å². The SMILES string of the molecule is Cc1cnc(C(=O)ON=O)cn1. The zero-order valence-electron chi connectivity index (χ0n) is 6.22. The third-order valence-corrected chi connectivity index (χ3v) is 1.11. The number of carbonyl (C=O) groups is 1. The summed E-state index contributed by atoms with van der Waals surface area (Å²) in [6, 6.07) is 0. The van der Waals surface area contributed by atoms with Crippen molar-refractivity contribution < 1.29 is 9.63 Å². The summed E-state index contributed by atoms with van der Waals surface area (Å²) < 4.78 is 0. The van der Waals surface area contributed by atoms with Crippen LogP contribution in [0.5, 0.6) is 0 Å². The molecule has 0 saturated carbocycles. The molecule has 1 heterocycles. The average molecular weight is 167 g/mol. The highest BCUT2D eigenvalue weighted by Crippen LogP contribution is 1.96. The molecule has 0 spiro atoms. The second-order valence-corrected chi connectivity index (χ2v) is 2.00. The molecule has 0 aliphatic rings. The van der Waals surface area contributed by atoms with Gasteiger partial charge in [-0.2, -0.15) is 0 Å². The van der Waals surface area contributed by atoms with E-state index >= 15 is 0 Å². The van der Waals surface area contributed by atoms with Gasteiger partial charge in [0.15, 0.2) is 11.0 Å². The smallest absolute Gasteiger partial charge is 0.277 e. The van der Waals surface area contributed by atoms with Gasteiger partial charge in [-0.05, 0) is 6.92 Å². The Morgan fingerprint density at radius 1 is 1.50 bits per heavy atom. The first kappa shape index (κ1) is 8.25. The number of hydrogen-bond acceptors (Lipinski definition) is 6. The van der Waals surface area contributed by atoms with Gasteiger partial charge in [0.25, 0.3) is 0 Å². The van der Waals surface area contributed by atoms with Crippen LogP contribution in [-0.4, -0.2) is 15.9 Å². The molecular weight excluding hydrogens is 162 g/mol. The summed E-state index contributed by atoms with van der Waals surface area (Å²) in [5.74, 6) is -0.905. The summed E-state index contributed by atoms with van der Waals surface area (Å²) in [6.07, 6.45) is 2.60. The first-order valence-corrected chi connectivity index (χ1v) is 3.06. The maximum Gasteiger partial charge on any atom is 0.389 e. The van der Waals surface area contributed by atoms with Crippen LogP contribution in [0.25, 0.3) is 0 Å². The van der Waals surface area contributed by atoms with Crippen LogP contribution < -0.4 is 0 Å².